The second-order valence-corrected chi connectivity index (χ2v) is 7.20. The highest BCUT2D eigenvalue weighted by molar-refractivity contribution is 5.46. The average molecular weight is 282 g/mol. The maximum Gasteiger partial charge on any atom is 0.115 e. The summed E-state index contributed by atoms with van der Waals surface area (Å²) in [6, 6.07) is 12.2. The summed E-state index contributed by atoms with van der Waals surface area (Å²) in [7, 11) is 0. The van der Waals surface area contributed by atoms with Crippen molar-refractivity contribution in [1.29, 1.82) is 0 Å². The van der Waals surface area contributed by atoms with Crippen LogP contribution in [0.2, 0.25) is 0 Å². The van der Waals surface area contributed by atoms with Gasteiger partial charge in [0, 0.05) is 5.92 Å². The van der Waals surface area contributed by atoms with Crippen molar-refractivity contribution in [2.45, 2.75) is 47.5 Å². The van der Waals surface area contributed by atoms with Crippen LogP contribution in [0.25, 0.3) is 0 Å². The summed E-state index contributed by atoms with van der Waals surface area (Å²) < 4.78 is 0. The molecule has 2 aromatic rings. The molecule has 1 N–H and O–H groups in total. The second kappa shape index (κ2) is 5.55. The van der Waals surface area contributed by atoms with Gasteiger partial charge in [-0.25, -0.2) is 0 Å². The van der Waals surface area contributed by atoms with E-state index in [2.05, 4.69) is 53.7 Å². The number of hydrogen-bond acceptors (Lipinski definition) is 1. The Morgan fingerprint density at radius 2 is 1.33 bits per heavy atom. The van der Waals surface area contributed by atoms with Gasteiger partial charge in [0.2, 0.25) is 0 Å². The molecule has 0 fully saturated rings. The van der Waals surface area contributed by atoms with Crippen molar-refractivity contribution in [3.8, 4) is 5.75 Å². The summed E-state index contributed by atoms with van der Waals surface area (Å²) in [6.07, 6.45) is 0. The minimum atomic E-state index is 0.113. The lowest BCUT2D eigenvalue weighted by molar-refractivity contribution is 0.356. The van der Waals surface area contributed by atoms with Gasteiger partial charge in [-0.3, -0.25) is 0 Å². The van der Waals surface area contributed by atoms with E-state index in [1.54, 1.807) is 12.1 Å². The van der Waals surface area contributed by atoms with Gasteiger partial charge in [-0.05, 0) is 60.6 Å². The van der Waals surface area contributed by atoms with E-state index in [1.165, 1.54) is 27.8 Å². The Morgan fingerprint density at radius 3 is 1.76 bits per heavy atom. The van der Waals surface area contributed by atoms with Crippen LogP contribution in [0.15, 0.2) is 36.4 Å². The SMILES string of the molecule is Cc1cc(C)c(C(c2ccc(O)cc2)C(C)(C)C)c(C)c1. The number of aromatic hydroxyl groups is 1. The maximum atomic E-state index is 9.56. The highest BCUT2D eigenvalue weighted by Gasteiger charge is 2.30. The molecule has 112 valence electrons. The molecule has 0 amide bonds. The number of phenols is 1. The maximum absolute atomic E-state index is 9.56. The van der Waals surface area contributed by atoms with Gasteiger partial charge in [-0.1, -0.05) is 50.6 Å². The van der Waals surface area contributed by atoms with Crippen LogP contribution in [0.1, 0.15) is 54.5 Å². The molecule has 0 aliphatic heterocycles. The van der Waals surface area contributed by atoms with Crippen LogP contribution in [0.5, 0.6) is 5.75 Å². The van der Waals surface area contributed by atoms with E-state index >= 15 is 0 Å². The van der Waals surface area contributed by atoms with Crippen LogP contribution < -0.4 is 0 Å². The molecule has 0 aliphatic carbocycles. The number of benzene rings is 2. The lowest BCUT2D eigenvalue weighted by Crippen LogP contribution is -2.21. The predicted octanol–water partition coefficient (Wildman–Crippen LogP) is 5.50. The third kappa shape index (κ3) is 3.29. The normalized spacial score (nSPS) is 13.2. The third-order valence-electron chi connectivity index (χ3n) is 4.12. The first-order valence-corrected chi connectivity index (χ1v) is 7.57. The van der Waals surface area contributed by atoms with Crippen LogP contribution >= 0.6 is 0 Å². The van der Waals surface area contributed by atoms with Crippen molar-refractivity contribution in [1.82, 2.24) is 0 Å². The van der Waals surface area contributed by atoms with Crippen molar-refractivity contribution in [3.63, 3.8) is 0 Å². The molecule has 2 aromatic carbocycles. The van der Waals surface area contributed by atoms with E-state index in [-0.39, 0.29) is 5.41 Å². The fourth-order valence-electron chi connectivity index (χ4n) is 3.41. The molecule has 1 nitrogen and oxygen atoms in total. The van der Waals surface area contributed by atoms with Gasteiger partial charge < -0.3 is 5.11 Å². The Bertz CT molecular complexity index is 607. The van der Waals surface area contributed by atoms with Crippen molar-refractivity contribution in [2.75, 3.05) is 0 Å². The van der Waals surface area contributed by atoms with Crippen molar-refractivity contribution in [2.24, 2.45) is 5.41 Å². The van der Waals surface area contributed by atoms with Crippen molar-refractivity contribution < 1.29 is 5.11 Å². The molecule has 0 saturated heterocycles. The first kappa shape index (κ1) is 15.6. The molecule has 0 aromatic heterocycles. The molecule has 0 saturated carbocycles. The van der Waals surface area contributed by atoms with Gasteiger partial charge in [0.1, 0.15) is 5.75 Å². The molecule has 0 bridgehead atoms. The molecule has 2 rings (SSSR count). The van der Waals surface area contributed by atoms with Gasteiger partial charge in [0.15, 0.2) is 0 Å². The minimum absolute atomic E-state index is 0.113. The summed E-state index contributed by atoms with van der Waals surface area (Å²) in [5, 5.41) is 9.56. The summed E-state index contributed by atoms with van der Waals surface area (Å²) in [5.74, 6) is 0.641. The number of aryl methyl sites for hydroxylation is 3. The smallest absolute Gasteiger partial charge is 0.115 e. The zero-order chi connectivity index (χ0) is 15.8. The molecular weight excluding hydrogens is 256 g/mol. The fraction of sp³-hybridized carbons (Fsp3) is 0.400. The monoisotopic (exact) mass is 282 g/mol. The Hall–Kier alpha value is -1.76. The number of hydrogen-bond donors (Lipinski definition) is 1. The van der Waals surface area contributed by atoms with Gasteiger partial charge in [0.25, 0.3) is 0 Å². The van der Waals surface area contributed by atoms with Crippen LogP contribution in [0.4, 0.5) is 0 Å². The molecule has 0 heterocycles. The lowest BCUT2D eigenvalue weighted by atomic mass is 9.70. The quantitative estimate of drug-likeness (QED) is 0.771. The summed E-state index contributed by atoms with van der Waals surface area (Å²) in [6.45, 7) is 13.4. The van der Waals surface area contributed by atoms with Gasteiger partial charge >= 0.3 is 0 Å². The Morgan fingerprint density at radius 1 is 0.857 bits per heavy atom. The Balaban J connectivity index is 2.65. The van der Waals surface area contributed by atoms with Gasteiger partial charge in [-0.2, -0.15) is 0 Å². The zero-order valence-corrected chi connectivity index (χ0v) is 14.0. The molecule has 1 heteroatoms. The standard InChI is InChI=1S/C20H26O/c1-13-11-14(2)18(15(3)12-13)19(20(4,5)6)16-7-9-17(21)10-8-16/h7-12,19,21H,1-6H3. The fourth-order valence-corrected chi connectivity index (χ4v) is 3.41. The largest absolute Gasteiger partial charge is 0.508 e. The van der Waals surface area contributed by atoms with E-state index < -0.39 is 0 Å². The number of phenolic OH excluding ortho intramolecular Hbond substituents is 1. The Kier molecular flexibility index (Phi) is 4.13. The molecule has 1 atom stereocenters. The third-order valence-corrected chi connectivity index (χ3v) is 4.12. The van der Waals surface area contributed by atoms with Crippen LogP contribution in [-0.2, 0) is 0 Å². The summed E-state index contributed by atoms with van der Waals surface area (Å²) in [5.41, 5.74) is 6.80. The van der Waals surface area contributed by atoms with Crippen molar-refractivity contribution >= 4 is 0 Å². The lowest BCUT2D eigenvalue weighted by Gasteiger charge is -2.34. The highest BCUT2D eigenvalue weighted by Crippen LogP contribution is 2.43. The van der Waals surface area contributed by atoms with E-state index in [0.29, 0.717) is 11.7 Å². The van der Waals surface area contributed by atoms with E-state index in [1.807, 2.05) is 12.1 Å². The molecule has 21 heavy (non-hydrogen) atoms. The predicted molar refractivity (Wildman–Crippen MR) is 90.1 cm³/mol. The molecule has 1 unspecified atom stereocenters. The molecule has 0 radical (unpaired) electrons. The first-order chi connectivity index (χ1) is 9.70. The average Bonchev–Trinajstić information content (AvgIpc) is 2.33. The second-order valence-electron chi connectivity index (χ2n) is 7.20. The van der Waals surface area contributed by atoms with Crippen LogP contribution in [-0.4, -0.2) is 5.11 Å². The first-order valence-electron chi connectivity index (χ1n) is 7.57. The minimum Gasteiger partial charge on any atom is -0.508 e. The molecular formula is C20H26O. The number of rotatable bonds is 2. The van der Waals surface area contributed by atoms with Crippen LogP contribution in [0.3, 0.4) is 0 Å². The van der Waals surface area contributed by atoms with E-state index in [4.69, 9.17) is 0 Å². The molecule has 0 spiro atoms. The summed E-state index contributed by atoms with van der Waals surface area (Å²) in [4.78, 5) is 0. The summed E-state index contributed by atoms with van der Waals surface area (Å²) >= 11 is 0. The van der Waals surface area contributed by atoms with E-state index in [0.717, 1.165) is 0 Å². The van der Waals surface area contributed by atoms with Crippen molar-refractivity contribution in [3.05, 3.63) is 64.2 Å². The van der Waals surface area contributed by atoms with Gasteiger partial charge in [-0.15, -0.1) is 0 Å². The Labute approximate surface area is 128 Å². The molecule has 0 aliphatic rings. The van der Waals surface area contributed by atoms with Gasteiger partial charge in [0.05, 0.1) is 0 Å². The zero-order valence-electron chi connectivity index (χ0n) is 14.0. The topological polar surface area (TPSA) is 20.2 Å². The highest BCUT2D eigenvalue weighted by atomic mass is 16.3. The van der Waals surface area contributed by atoms with E-state index in [9.17, 15) is 5.11 Å². The van der Waals surface area contributed by atoms with Crippen LogP contribution in [0, 0.1) is 26.2 Å².